The molecular weight excluding hydrogens is 226 g/mol. The van der Waals surface area contributed by atoms with Gasteiger partial charge in [0.05, 0.1) is 6.61 Å². The van der Waals surface area contributed by atoms with Crippen LogP contribution in [0.25, 0.3) is 0 Å². The predicted octanol–water partition coefficient (Wildman–Crippen LogP) is 2.26. The Morgan fingerprint density at radius 3 is 2.81 bits per heavy atom. The van der Waals surface area contributed by atoms with Crippen molar-refractivity contribution in [1.82, 2.24) is 5.32 Å². The molecule has 0 saturated heterocycles. The smallest absolute Gasteiger partial charge is 0.134 e. The molecule has 0 spiro atoms. The number of ether oxygens (including phenoxy) is 2. The zero-order valence-electron chi connectivity index (χ0n) is 9.92. The van der Waals surface area contributed by atoms with E-state index in [4.69, 9.17) is 21.1 Å². The maximum atomic E-state index is 5.93. The van der Waals surface area contributed by atoms with Gasteiger partial charge in [0.25, 0.3) is 0 Å². The summed E-state index contributed by atoms with van der Waals surface area (Å²) < 4.78 is 10.9. The fraction of sp³-hybridized carbons (Fsp3) is 0.500. The van der Waals surface area contributed by atoms with Gasteiger partial charge in [-0.1, -0.05) is 17.7 Å². The summed E-state index contributed by atoms with van der Waals surface area (Å²) in [6.07, 6.45) is -0.00725. The average molecular weight is 244 g/mol. The van der Waals surface area contributed by atoms with Gasteiger partial charge >= 0.3 is 0 Å². The van der Waals surface area contributed by atoms with E-state index in [1.807, 2.05) is 32.2 Å². The van der Waals surface area contributed by atoms with E-state index >= 15 is 0 Å². The highest BCUT2D eigenvalue weighted by Gasteiger charge is 2.11. The molecule has 0 aliphatic rings. The third-order valence-electron chi connectivity index (χ3n) is 2.23. The van der Waals surface area contributed by atoms with Crippen LogP contribution in [0.4, 0.5) is 0 Å². The van der Waals surface area contributed by atoms with Crippen molar-refractivity contribution in [3.63, 3.8) is 0 Å². The van der Waals surface area contributed by atoms with Crippen LogP contribution in [0.15, 0.2) is 18.2 Å². The van der Waals surface area contributed by atoms with Gasteiger partial charge in [0.15, 0.2) is 0 Å². The molecule has 0 amide bonds. The van der Waals surface area contributed by atoms with Crippen molar-refractivity contribution in [3.05, 3.63) is 28.8 Å². The van der Waals surface area contributed by atoms with E-state index in [1.54, 1.807) is 7.11 Å². The molecule has 16 heavy (non-hydrogen) atoms. The normalized spacial score (nSPS) is 12.5. The van der Waals surface area contributed by atoms with E-state index in [-0.39, 0.29) is 6.10 Å². The highest BCUT2D eigenvalue weighted by molar-refractivity contribution is 6.30. The van der Waals surface area contributed by atoms with Crippen molar-refractivity contribution in [2.24, 2.45) is 0 Å². The molecule has 1 aromatic rings. The Bertz CT molecular complexity index is 325. The second-order valence-electron chi connectivity index (χ2n) is 3.66. The Balaban J connectivity index is 2.71. The third-order valence-corrected chi connectivity index (χ3v) is 2.46. The summed E-state index contributed by atoms with van der Waals surface area (Å²) in [7, 11) is 3.55. The molecule has 0 heterocycles. The van der Waals surface area contributed by atoms with Crippen LogP contribution in [0.1, 0.15) is 5.56 Å². The first-order valence-corrected chi connectivity index (χ1v) is 5.61. The number of aryl methyl sites for hydroxylation is 1. The molecule has 3 nitrogen and oxygen atoms in total. The predicted molar refractivity (Wildman–Crippen MR) is 66.4 cm³/mol. The van der Waals surface area contributed by atoms with Gasteiger partial charge < -0.3 is 14.8 Å². The number of benzene rings is 1. The van der Waals surface area contributed by atoms with Crippen LogP contribution in [-0.4, -0.2) is 33.4 Å². The standard InChI is InChI=1S/C12H18ClNO2/c1-9-4-5-10(13)6-12(9)16-11(7-14-2)8-15-3/h4-6,11,14H,7-8H2,1-3H3. The van der Waals surface area contributed by atoms with Gasteiger partial charge in [0, 0.05) is 18.7 Å². The zero-order valence-corrected chi connectivity index (χ0v) is 10.7. The second-order valence-corrected chi connectivity index (χ2v) is 4.10. The topological polar surface area (TPSA) is 30.5 Å². The number of likely N-dealkylation sites (N-methyl/N-ethyl adjacent to an activating group) is 1. The number of methoxy groups -OCH3 is 1. The molecule has 0 radical (unpaired) electrons. The Labute approximate surface area is 102 Å². The maximum Gasteiger partial charge on any atom is 0.134 e. The van der Waals surface area contributed by atoms with Gasteiger partial charge in [-0.25, -0.2) is 0 Å². The molecule has 1 aromatic carbocycles. The first-order chi connectivity index (χ1) is 7.67. The summed E-state index contributed by atoms with van der Waals surface area (Å²) >= 11 is 5.93. The summed E-state index contributed by atoms with van der Waals surface area (Å²) in [6, 6.07) is 5.63. The Morgan fingerprint density at radius 1 is 1.44 bits per heavy atom. The lowest BCUT2D eigenvalue weighted by Crippen LogP contribution is -2.33. The minimum atomic E-state index is -0.00725. The quantitative estimate of drug-likeness (QED) is 0.832. The van der Waals surface area contributed by atoms with Crippen molar-refractivity contribution >= 4 is 11.6 Å². The summed E-state index contributed by atoms with van der Waals surface area (Å²) in [4.78, 5) is 0. The SMILES string of the molecule is CNCC(COC)Oc1cc(Cl)ccc1C. The summed E-state index contributed by atoms with van der Waals surface area (Å²) in [5.41, 5.74) is 1.07. The van der Waals surface area contributed by atoms with E-state index in [9.17, 15) is 0 Å². The maximum absolute atomic E-state index is 5.93. The highest BCUT2D eigenvalue weighted by Crippen LogP contribution is 2.23. The number of rotatable bonds is 6. The van der Waals surface area contributed by atoms with Gasteiger partial charge in [-0.15, -0.1) is 0 Å². The number of hydrogen-bond acceptors (Lipinski definition) is 3. The molecule has 1 atom stereocenters. The molecule has 0 aliphatic carbocycles. The molecule has 1 N–H and O–H groups in total. The Hall–Kier alpha value is -0.770. The van der Waals surface area contributed by atoms with E-state index in [2.05, 4.69) is 5.32 Å². The van der Waals surface area contributed by atoms with Crippen LogP contribution in [0, 0.1) is 6.92 Å². The minimum Gasteiger partial charge on any atom is -0.486 e. The monoisotopic (exact) mass is 243 g/mol. The van der Waals surface area contributed by atoms with Crippen LogP contribution in [-0.2, 0) is 4.74 Å². The van der Waals surface area contributed by atoms with Gasteiger partial charge in [-0.2, -0.15) is 0 Å². The molecule has 0 fully saturated rings. The first-order valence-electron chi connectivity index (χ1n) is 5.23. The lowest BCUT2D eigenvalue weighted by atomic mass is 10.2. The third kappa shape index (κ3) is 4.00. The Morgan fingerprint density at radius 2 is 2.19 bits per heavy atom. The van der Waals surface area contributed by atoms with Crippen LogP contribution in [0.3, 0.4) is 0 Å². The minimum absolute atomic E-state index is 0.00725. The van der Waals surface area contributed by atoms with Crippen molar-refractivity contribution < 1.29 is 9.47 Å². The summed E-state index contributed by atoms with van der Waals surface area (Å²) in [5, 5.41) is 3.75. The molecule has 4 heteroatoms. The van der Waals surface area contributed by atoms with Crippen LogP contribution in [0.5, 0.6) is 5.75 Å². The lowest BCUT2D eigenvalue weighted by molar-refractivity contribution is 0.0814. The van der Waals surface area contributed by atoms with E-state index in [0.29, 0.717) is 11.6 Å². The van der Waals surface area contributed by atoms with Crippen molar-refractivity contribution in [2.75, 3.05) is 27.3 Å². The van der Waals surface area contributed by atoms with Gasteiger partial charge in [-0.05, 0) is 31.7 Å². The largest absolute Gasteiger partial charge is 0.486 e. The first kappa shape index (κ1) is 13.3. The molecule has 0 bridgehead atoms. The van der Waals surface area contributed by atoms with E-state index < -0.39 is 0 Å². The fourth-order valence-corrected chi connectivity index (χ4v) is 1.59. The Kier molecular flexibility index (Phi) is 5.60. The molecule has 1 unspecified atom stereocenters. The molecule has 1 rings (SSSR count). The van der Waals surface area contributed by atoms with Crippen LogP contribution >= 0.6 is 11.6 Å². The number of halogens is 1. The van der Waals surface area contributed by atoms with Crippen molar-refractivity contribution in [3.8, 4) is 5.75 Å². The van der Waals surface area contributed by atoms with E-state index in [0.717, 1.165) is 17.9 Å². The fourth-order valence-electron chi connectivity index (χ4n) is 1.43. The molecule has 0 aliphatic heterocycles. The molecule has 90 valence electrons. The number of nitrogens with one attached hydrogen (secondary N) is 1. The van der Waals surface area contributed by atoms with Gasteiger partial charge in [0.1, 0.15) is 11.9 Å². The van der Waals surface area contributed by atoms with Crippen molar-refractivity contribution in [1.29, 1.82) is 0 Å². The molecular formula is C12H18ClNO2. The lowest BCUT2D eigenvalue weighted by Gasteiger charge is -2.19. The van der Waals surface area contributed by atoms with Crippen molar-refractivity contribution in [2.45, 2.75) is 13.0 Å². The highest BCUT2D eigenvalue weighted by atomic mass is 35.5. The second kappa shape index (κ2) is 6.74. The summed E-state index contributed by atoms with van der Waals surface area (Å²) in [5.74, 6) is 0.810. The van der Waals surface area contributed by atoms with Gasteiger partial charge in [-0.3, -0.25) is 0 Å². The van der Waals surface area contributed by atoms with E-state index in [1.165, 1.54) is 0 Å². The average Bonchev–Trinajstić information content (AvgIpc) is 2.24. The molecule has 0 aromatic heterocycles. The number of hydrogen-bond donors (Lipinski definition) is 1. The summed E-state index contributed by atoms with van der Waals surface area (Å²) in [6.45, 7) is 3.28. The zero-order chi connectivity index (χ0) is 12.0. The molecule has 0 saturated carbocycles. The van der Waals surface area contributed by atoms with Crippen LogP contribution in [0.2, 0.25) is 5.02 Å². The van der Waals surface area contributed by atoms with Crippen LogP contribution < -0.4 is 10.1 Å². The van der Waals surface area contributed by atoms with Gasteiger partial charge in [0.2, 0.25) is 0 Å².